The minimum atomic E-state index is -0.285. The molecule has 3 N–H and O–H groups in total. The summed E-state index contributed by atoms with van der Waals surface area (Å²) < 4.78 is 0. The van der Waals surface area contributed by atoms with E-state index in [4.69, 9.17) is 0 Å². The van der Waals surface area contributed by atoms with Gasteiger partial charge in [-0.05, 0) is 39.2 Å². The molecule has 0 spiro atoms. The predicted octanol–water partition coefficient (Wildman–Crippen LogP) is 0.652. The summed E-state index contributed by atoms with van der Waals surface area (Å²) in [7, 11) is 0. The van der Waals surface area contributed by atoms with Crippen LogP contribution in [-0.4, -0.2) is 36.2 Å². The number of carbonyl (C=O) groups is 1. The Bertz CT molecular complexity index is 221. The van der Waals surface area contributed by atoms with E-state index < -0.39 is 0 Å². The zero-order valence-corrected chi connectivity index (χ0v) is 10.3. The van der Waals surface area contributed by atoms with Crippen LogP contribution in [0.15, 0.2) is 0 Å². The molecule has 4 heteroatoms. The van der Waals surface area contributed by atoms with E-state index >= 15 is 0 Å². The number of rotatable bonds is 5. The van der Waals surface area contributed by atoms with Crippen molar-refractivity contribution >= 4 is 5.91 Å². The SMILES string of the molecule is CCC(O)CCNC(=O)[C@H]1CCN[C@@H](C)C1. The first-order valence-corrected chi connectivity index (χ1v) is 6.32. The van der Waals surface area contributed by atoms with Crippen LogP contribution in [0.2, 0.25) is 0 Å². The fourth-order valence-electron chi connectivity index (χ4n) is 2.08. The predicted molar refractivity (Wildman–Crippen MR) is 64.1 cm³/mol. The Balaban J connectivity index is 2.19. The van der Waals surface area contributed by atoms with Gasteiger partial charge in [0.15, 0.2) is 0 Å². The highest BCUT2D eigenvalue weighted by Crippen LogP contribution is 2.15. The van der Waals surface area contributed by atoms with E-state index in [2.05, 4.69) is 17.6 Å². The quantitative estimate of drug-likeness (QED) is 0.647. The van der Waals surface area contributed by atoms with E-state index in [1.807, 2.05) is 6.92 Å². The number of aliphatic hydroxyl groups is 1. The lowest BCUT2D eigenvalue weighted by molar-refractivity contribution is -0.126. The largest absolute Gasteiger partial charge is 0.393 e. The molecule has 1 amide bonds. The lowest BCUT2D eigenvalue weighted by atomic mass is 9.92. The van der Waals surface area contributed by atoms with Crippen molar-refractivity contribution in [3.05, 3.63) is 0 Å². The van der Waals surface area contributed by atoms with Crippen LogP contribution in [0.25, 0.3) is 0 Å². The summed E-state index contributed by atoms with van der Waals surface area (Å²) >= 11 is 0. The van der Waals surface area contributed by atoms with Gasteiger partial charge in [-0.25, -0.2) is 0 Å². The van der Waals surface area contributed by atoms with Crippen molar-refractivity contribution in [2.75, 3.05) is 13.1 Å². The molecule has 0 aromatic carbocycles. The van der Waals surface area contributed by atoms with Crippen LogP contribution in [0, 0.1) is 5.92 Å². The van der Waals surface area contributed by atoms with Gasteiger partial charge in [0, 0.05) is 18.5 Å². The second-order valence-corrected chi connectivity index (χ2v) is 4.72. The molecule has 1 heterocycles. The molecule has 4 nitrogen and oxygen atoms in total. The van der Waals surface area contributed by atoms with Crippen molar-refractivity contribution in [3.8, 4) is 0 Å². The third-order valence-corrected chi connectivity index (χ3v) is 3.24. The molecule has 0 aliphatic carbocycles. The molecule has 1 saturated heterocycles. The van der Waals surface area contributed by atoms with Crippen LogP contribution in [0.3, 0.4) is 0 Å². The maximum absolute atomic E-state index is 11.8. The summed E-state index contributed by atoms with van der Waals surface area (Å²) in [6.45, 7) is 5.57. The minimum Gasteiger partial charge on any atom is -0.393 e. The molecule has 3 atom stereocenters. The van der Waals surface area contributed by atoms with Gasteiger partial charge in [-0.3, -0.25) is 4.79 Å². The van der Waals surface area contributed by atoms with Gasteiger partial charge in [0.2, 0.25) is 5.91 Å². The highest BCUT2D eigenvalue weighted by Gasteiger charge is 2.24. The fourth-order valence-corrected chi connectivity index (χ4v) is 2.08. The summed E-state index contributed by atoms with van der Waals surface area (Å²) in [4.78, 5) is 11.8. The van der Waals surface area contributed by atoms with Crippen molar-refractivity contribution in [1.82, 2.24) is 10.6 Å². The molecule has 16 heavy (non-hydrogen) atoms. The number of amides is 1. The molecule has 1 rings (SSSR count). The molecule has 0 radical (unpaired) electrons. The topological polar surface area (TPSA) is 61.4 Å². The van der Waals surface area contributed by atoms with Crippen molar-refractivity contribution in [3.63, 3.8) is 0 Å². The van der Waals surface area contributed by atoms with E-state index in [0.29, 0.717) is 19.0 Å². The molecular formula is C12H24N2O2. The zero-order chi connectivity index (χ0) is 12.0. The Morgan fingerprint density at radius 2 is 2.38 bits per heavy atom. The van der Waals surface area contributed by atoms with E-state index in [1.54, 1.807) is 0 Å². The minimum absolute atomic E-state index is 0.148. The molecular weight excluding hydrogens is 204 g/mol. The standard InChI is InChI=1S/C12H24N2O2/c1-3-11(15)5-7-14-12(16)10-4-6-13-9(2)8-10/h9-11,13,15H,3-8H2,1-2H3,(H,14,16)/t9-,10-,11?/m0/s1. The van der Waals surface area contributed by atoms with E-state index in [9.17, 15) is 9.90 Å². The molecule has 1 fully saturated rings. The molecule has 1 unspecified atom stereocenters. The Morgan fingerprint density at radius 1 is 1.62 bits per heavy atom. The Kier molecular flexibility index (Phi) is 5.77. The number of nitrogens with one attached hydrogen (secondary N) is 2. The van der Waals surface area contributed by atoms with Crippen molar-refractivity contribution < 1.29 is 9.90 Å². The summed E-state index contributed by atoms with van der Waals surface area (Å²) in [5, 5.41) is 15.6. The average molecular weight is 228 g/mol. The third kappa shape index (κ3) is 4.49. The number of aliphatic hydroxyl groups excluding tert-OH is 1. The first-order valence-electron chi connectivity index (χ1n) is 6.32. The number of hydrogen-bond acceptors (Lipinski definition) is 3. The summed E-state index contributed by atoms with van der Waals surface area (Å²) in [6.07, 6.45) is 2.96. The molecule has 0 saturated carbocycles. The van der Waals surface area contributed by atoms with Crippen LogP contribution in [0.4, 0.5) is 0 Å². The smallest absolute Gasteiger partial charge is 0.223 e. The van der Waals surface area contributed by atoms with Gasteiger partial charge in [0.05, 0.1) is 6.10 Å². The fraction of sp³-hybridized carbons (Fsp3) is 0.917. The first-order chi connectivity index (χ1) is 7.63. The average Bonchev–Trinajstić information content (AvgIpc) is 2.28. The van der Waals surface area contributed by atoms with Gasteiger partial charge in [-0.1, -0.05) is 6.92 Å². The summed E-state index contributed by atoms with van der Waals surface area (Å²) in [5.41, 5.74) is 0. The van der Waals surface area contributed by atoms with Gasteiger partial charge in [-0.2, -0.15) is 0 Å². The highest BCUT2D eigenvalue weighted by atomic mass is 16.3. The second-order valence-electron chi connectivity index (χ2n) is 4.72. The van der Waals surface area contributed by atoms with Crippen LogP contribution >= 0.6 is 0 Å². The van der Waals surface area contributed by atoms with Crippen LogP contribution in [-0.2, 0) is 4.79 Å². The lowest BCUT2D eigenvalue weighted by Crippen LogP contribution is -2.42. The van der Waals surface area contributed by atoms with Crippen LogP contribution < -0.4 is 10.6 Å². The third-order valence-electron chi connectivity index (χ3n) is 3.24. The maximum atomic E-state index is 11.8. The van der Waals surface area contributed by atoms with Gasteiger partial charge in [0.1, 0.15) is 0 Å². The maximum Gasteiger partial charge on any atom is 0.223 e. The number of hydrogen-bond donors (Lipinski definition) is 3. The van der Waals surface area contributed by atoms with E-state index in [-0.39, 0.29) is 17.9 Å². The van der Waals surface area contributed by atoms with Gasteiger partial charge in [-0.15, -0.1) is 0 Å². The van der Waals surface area contributed by atoms with Crippen molar-refractivity contribution in [2.45, 2.75) is 51.7 Å². The lowest BCUT2D eigenvalue weighted by Gasteiger charge is -2.27. The Morgan fingerprint density at radius 3 is 3.00 bits per heavy atom. The molecule has 0 bridgehead atoms. The summed E-state index contributed by atoms with van der Waals surface area (Å²) in [6, 6.07) is 0.436. The normalized spacial score (nSPS) is 27.4. The summed E-state index contributed by atoms with van der Waals surface area (Å²) in [5.74, 6) is 0.298. The molecule has 0 aromatic rings. The molecule has 1 aliphatic heterocycles. The van der Waals surface area contributed by atoms with Crippen LogP contribution in [0.5, 0.6) is 0 Å². The zero-order valence-electron chi connectivity index (χ0n) is 10.3. The first kappa shape index (κ1) is 13.5. The van der Waals surface area contributed by atoms with Crippen molar-refractivity contribution in [2.24, 2.45) is 5.92 Å². The van der Waals surface area contributed by atoms with Gasteiger partial charge >= 0.3 is 0 Å². The monoisotopic (exact) mass is 228 g/mol. The van der Waals surface area contributed by atoms with Gasteiger partial charge in [0.25, 0.3) is 0 Å². The van der Waals surface area contributed by atoms with Crippen LogP contribution in [0.1, 0.15) is 39.5 Å². The molecule has 94 valence electrons. The molecule has 1 aliphatic rings. The van der Waals surface area contributed by atoms with E-state index in [1.165, 1.54) is 0 Å². The van der Waals surface area contributed by atoms with Gasteiger partial charge < -0.3 is 15.7 Å². The number of piperidine rings is 1. The highest BCUT2D eigenvalue weighted by molar-refractivity contribution is 5.78. The van der Waals surface area contributed by atoms with E-state index in [0.717, 1.165) is 25.8 Å². The Hall–Kier alpha value is -0.610. The Labute approximate surface area is 97.8 Å². The molecule has 0 aromatic heterocycles. The van der Waals surface area contributed by atoms with Crippen molar-refractivity contribution in [1.29, 1.82) is 0 Å². The number of carbonyl (C=O) groups excluding carboxylic acids is 1. The second kappa shape index (κ2) is 6.86.